The molecule has 1 unspecified atom stereocenters. The van der Waals surface area contributed by atoms with Gasteiger partial charge in [-0.15, -0.1) is 6.42 Å². The fraction of sp³-hybridized carbons (Fsp3) is 0.538. The summed E-state index contributed by atoms with van der Waals surface area (Å²) in [5.74, 6) is 1.52. The van der Waals surface area contributed by atoms with E-state index in [2.05, 4.69) is 15.5 Å². The summed E-state index contributed by atoms with van der Waals surface area (Å²) >= 11 is 0. The van der Waals surface area contributed by atoms with Crippen molar-refractivity contribution in [3.63, 3.8) is 0 Å². The van der Waals surface area contributed by atoms with Crippen LogP contribution in [0.5, 0.6) is 0 Å². The Morgan fingerprint density at radius 2 is 2.17 bits per heavy atom. The molecule has 0 aromatic heterocycles. The van der Waals surface area contributed by atoms with Crippen molar-refractivity contribution in [1.82, 2.24) is 15.5 Å². The van der Waals surface area contributed by atoms with Gasteiger partial charge in [0.1, 0.15) is 0 Å². The van der Waals surface area contributed by atoms with Crippen LogP contribution in [0.4, 0.5) is 0 Å². The second-order valence-electron chi connectivity index (χ2n) is 4.09. The summed E-state index contributed by atoms with van der Waals surface area (Å²) in [5, 5.41) is 5.19. The molecule has 5 heteroatoms. The number of likely N-dealkylation sites (N-methyl/N-ethyl adjacent to an activating group) is 2. The first-order chi connectivity index (χ1) is 8.49. The Morgan fingerprint density at radius 3 is 2.72 bits per heavy atom. The van der Waals surface area contributed by atoms with E-state index in [9.17, 15) is 9.59 Å². The van der Waals surface area contributed by atoms with Crippen molar-refractivity contribution in [2.75, 3.05) is 27.2 Å². The Hall–Kier alpha value is -1.80. The molecule has 18 heavy (non-hydrogen) atoms. The standard InChI is InChI=1S/C13H21N3O2/c1-5-12(17)15-11(2)8-10-16(4)9-6-7-13(18)14-3/h1,6-7,11H,8-10H2,2-4H3,(H,14,18)(H,15,17)/b7-6+. The average molecular weight is 251 g/mol. The van der Waals surface area contributed by atoms with E-state index in [4.69, 9.17) is 6.42 Å². The molecule has 0 saturated carbocycles. The minimum atomic E-state index is -0.385. The number of amides is 2. The lowest BCUT2D eigenvalue weighted by Gasteiger charge is -2.17. The molecule has 0 aromatic rings. The summed E-state index contributed by atoms with van der Waals surface area (Å²) in [6.07, 6.45) is 9.06. The average Bonchev–Trinajstić information content (AvgIpc) is 2.35. The Bertz CT molecular complexity index is 345. The van der Waals surface area contributed by atoms with Gasteiger partial charge in [0.05, 0.1) is 0 Å². The van der Waals surface area contributed by atoms with E-state index in [1.165, 1.54) is 6.08 Å². The largest absolute Gasteiger partial charge is 0.356 e. The van der Waals surface area contributed by atoms with Gasteiger partial charge in [-0.25, -0.2) is 0 Å². The number of hydrogen-bond acceptors (Lipinski definition) is 3. The van der Waals surface area contributed by atoms with Crippen LogP contribution in [0.15, 0.2) is 12.2 Å². The maximum absolute atomic E-state index is 10.9. The number of nitrogens with zero attached hydrogens (tertiary/aromatic N) is 1. The quantitative estimate of drug-likeness (QED) is 0.484. The molecule has 0 fully saturated rings. The molecule has 0 aliphatic carbocycles. The number of carbonyl (C=O) groups excluding carboxylic acids is 2. The summed E-state index contributed by atoms with van der Waals surface area (Å²) in [7, 11) is 3.54. The topological polar surface area (TPSA) is 61.4 Å². The van der Waals surface area contributed by atoms with Crippen LogP contribution in [-0.2, 0) is 9.59 Å². The molecule has 2 amide bonds. The van der Waals surface area contributed by atoms with Crippen LogP contribution < -0.4 is 10.6 Å². The third kappa shape index (κ3) is 8.36. The van der Waals surface area contributed by atoms with E-state index in [0.29, 0.717) is 6.54 Å². The van der Waals surface area contributed by atoms with Crippen molar-refractivity contribution in [3.05, 3.63) is 12.2 Å². The van der Waals surface area contributed by atoms with Crippen molar-refractivity contribution in [3.8, 4) is 12.3 Å². The molecule has 5 nitrogen and oxygen atoms in total. The van der Waals surface area contributed by atoms with Crippen LogP contribution in [0.2, 0.25) is 0 Å². The van der Waals surface area contributed by atoms with Gasteiger partial charge >= 0.3 is 0 Å². The second kappa shape index (κ2) is 9.25. The van der Waals surface area contributed by atoms with Crippen LogP contribution in [0, 0.1) is 12.3 Å². The van der Waals surface area contributed by atoms with Gasteiger partial charge in [0.25, 0.3) is 5.91 Å². The number of carbonyl (C=O) groups is 2. The summed E-state index contributed by atoms with van der Waals surface area (Å²) < 4.78 is 0. The van der Waals surface area contributed by atoms with Gasteiger partial charge < -0.3 is 15.5 Å². The first-order valence-corrected chi connectivity index (χ1v) is 5.83. The third-order valence-electron chi connectivity index (χ3n) is 2.39. The SMILES string of the molecule is C#CC(=O)NC(C)CCN(C)C/C=C/C(=O)NC. The first-order valence-electron chi connectivity index (χ1n) is 5.83. The molecule has 0 radical (unpaired) electrons. The molecular weight excluding hydrogens is 230 g/mol. The molecular formula is C13H21N3O2. The van der Waals surface area contributed by atoms with E-state index in [-0.39, 0.29) is 17.9 Å². The maximum atomic E-state index is 10.9. The van der Waals surface area contributed by atoms with E-state index in [1.54, 1.807) is 13.1 Å². The highest BCUT2D eigenvalue weighted by atomic mass is 16.2. The second-order valence-corrected chi connectivity index (χ2v) is 4.09. The lowest BCUT2D eigenvalue weighted by atomic mass is 10.2. The normalized spacial score (nSPS) is 12.2. The summed E-state index contributed by atoms with van der Waals surface area (Å²) in [6, 6.07) is 0.0407. The van der Waals surface area contributed by atoms with E-state index < -0.39 is 0 Å². The minimum Gasteiger partial charge on any atom is -0.356 e. The van der Waals surface area contributed by atoms with Crippen molar-refractivity contribution in [2.45, 2.75) is 19.4 Å². The van der Waals surface area contributed by atoms with Gasteiger partial charge in [0.15, 0.2) is 0 Å². The van der Waals surface area contributed by atoms with Gasteiger partial charge in [-0.3, -0.25) is 9.59 Å². The van der Waals surface area contributed by atoms with E-state index in [1.807, 2.05) is 19.9 Å². The molecule has 0 aromatic carbocycles. The summed E-state index contributed by atoms with van der Waals surface area (Å²) in [4.78, 5) is 23.9. The van der Waals surface area contributed by atoms with Crippen molar-refractivity contribution in [1.29, 1.82) is 0 Å². The number of rotatable bonds is 7. The zero-order valence-electron chi connectivity index (χ0n) is 11.2. The van der Waals surface area contributed by atoms with Crippen LogP contribution in [0.25, 0.3) is 0 Å². The van der Waals surface area contributed by atoms with Crippen LogP contribution >= 0.6 is 0 Å². The van der Waals surface area contributed by atoms with Gasteiger partial charge in [-0.1, -0.05) is 6.08 Å². The molecule has 100 valence electrons. The Balaban J connectivity index is 3.80. The fourth-order valence-electron chi connectivity index (χ4n) is 1.27. The van der Waals surface area contributed by atoms with Crippen LogP contribution in [-0.4, -0.2) is 49.9 Å². The highest BCUT2D eigenvalue weighted by Gasteiger charge is 2.05. The molecule has 2 N–H and O–H groups in total. The Kier molecular flexibility index (Phi) is 8.33. The number of terminal acetylenes is 1. The zero-order chi connectivity index (χ0) is 14.0. The van der Waals surface area contributed by atoms with E-state index >= 15 is 0 Å². The molecule has 0 heterocycles. The van der Waals surface area contributed by atoms with E-state index in [0.717, 1.165) is 13.0 Å². The minimum absolute atomic E-state index is 0.0407. The third-order valence-corrected chi connectivity index (χ3v) is 2.39. The molecule has 0 bridgehead atoms. The number of hydrogen-bond donors (Lipinski definition) is 2. The predicted molar refractivity (Wildman–Crippen MR) is 71.8 cm³/mol. The highest BCUT2D eigenvalue weighted by Crippen LogP contribution is 1.94. The van der Waals surface area contributed by atoms with Crippen molar-refractivity contribution >= 4 is 11.8 Å². The Labute approximate surface area is 109 Å². The van der Waals surface area contributed by atoms with Crippen molar-refractivity contribution < 1.29 is 9.59 Å². The molecule has 1 atom stereocenters. The summed E-state index contributed by atoms with van der Waals surface area (Å²) in [5.41, 5.74) is 0. The lowest BCUT2D eigenvalue weighted by Crippen LogP contribution is -2.34. The zero-order valence-corrected chi connectivity index (χ0v) is 11.2. The van der Waals surface area contributed by atoms with Gasteiger partial charge in [0, 0.05) is 32.3 Å². The monoisotopic (exact) mass is 251 g/mol. The lowest BCUT2D eigenvalue weighted by molar-refractivity contribution is -0.117. The summed E-state index contributed by atoms with van der Waals surface area (Å²) in [6.45, 7) is 3.40. The van der Waals surface area contributed by atoms with Gasteiger partial charge in [-0.05, 0) is 26.3 Å². The Morgan fingerprint density at radius 1 is 1.50 bits per heavy atom. The van der Waals surface area contributed by atoms with Crippen LogP contribution in [0.1, 0.15) is 13.3 Å². The molecule has 0 aliphatic rings. The van der Waals surface area contributed by atoms with Gasteiger partial charge in [-0.2, -0.15) is 0 Å². The molecule has 0 rings (SSSR count). The van der Waals surface area contributed by atoms with Crippen molar-refractivity contribution in [2.24, 2.45) is 0 Å². The molecule has 0 saturated heterocycles. The molecule has 0 aliphatic heterocycles. The number of nitrogens with one attached hydrogen (secondary N) is 2. The van der Waals surface area contributed by atoms with Crippen LogP contribution in [0.3, 0.4) is 0 Å². The highest BCUT2D eigenvalue weighted by molar-refractivity contribution is 5.92. The molecule has 0 spiro atoms. The smallest absolute Gasteiger partial charge is 0.295 e. The van der Waals surface area contributed by atoms with Gasteiger partial charge in [0.2, 0.25) is 5.91 Å². The predicted octanol–water partition coefficient (Wildman–Crippen LogP) is -0.252. The maximum Gasteiger partial charge on any atom is 0.295 e. The first kappa shape index (κ1) is 16.2. The fourth-order valence-corrected chi connectivity index (χ4v) is 1.27.